The first-order chi connectivity index (χ1) is 9.24. The number of carbonyl (C=O) groups is 1. The van der Waals surface area contributed by atoms with Crippen molar-refractivity contribution in [2.45, 2.75) is 25.3 Å². The lowest BCUT2D eigenvalue weighted by molar-refractivity contribution is -0.131. The van der Waals surface area contributed by atoms with Gasteiger partial charge in [0.25, 0.3) is 0 Å². The SMILES string of the molecule is Cl.N[C@@H]1CCCN(C(=O)Cc2noc3ccccc23)C1. The molecule has 2 heterocycles. The lowest BCUT2D eigenvalue weighted by atomic mass is 10.1. The minimum absolute atomic E-state index is 0. The fraction of sp³-hybridized carbons (Fsp3) is 0.429. The first-order valence-corrected chi connectivity index (χ1v) is 6.60. The molecule has 108 valence electrons. The summed E-state index contributed by atoms with van der Waals surface area (Å²) in [4.78, 5) is 14.1. The zero-order chi connectivity index (χ0) is 13.2. The summed E-state index contributed by atoms with van der Waals surface area (Å²) < 4.78 is 5.21. The molecule has 0 unspecified atom stereocenters. The van der Waals surface area contributed by atoms with Crippen LogP contribution in [0.4, 0.5) is 0 Å². The Hall–Kier alpha value is -1.59. The van der Waals surface area contributed by atoms with E-state index >= 15 is 0 Å². The summed E-state index contributed by atoms with van der Waals surface area (Å²) in [5.74, 6) is 0.0780. The van der Waals surface area contributed by atoms with Crippen LogP contribution >= 0.6 is 12.4 Å². The first kappa shape index (κ1) is 14.8. The molecule has 1 aromatic heterocycles. The van der Waals surface area contributed by atoms with E-state index in [2.05, 4.69) is 5.16 Å². The Labute approximate surface area is 123 Å². The number of aromatic nitrogens is 1. The van der Waals surface area contributed by atoms with Gasteiger partial charge in [-0.3, -0.25) is 4.79 Å². The van der Waals surface area contributed by atoms with Crippen molar-refractivity contribution in [3.63, 3.8) is 0 Å². The highest BCUT2D eigenvalue weighted by atomic mass is 35.5. The summed E-state index contributed by atoms with van der Waals surface area (Å²) in [7, 11) is 0. The molecule has 0 bridgehead atoms. The number of piperidine rings is 1. The minimum Gasteiger partial charge on any atom is -0.356 e. The van der Waals surface area contributed by atoms with Gasteiger partial charge in [0.15, 0.2) is 5.58 Å². The molecule has 3 rings (SSSR count). The van der Waals surface area contributed by atoms with Gasteiger partial charge in [-0.2, -0.15) is 0 Å². The Morgan fingerprint density at radius 3 is 3.05 bits per heavy atom. The van der Waals surface area contributed by atoms with E-state index in [1.54, 1.807) is 0 Å². The van der Waals surface area contributed by atoms with Gasteiger partial charge in [-0.05, 0) is 25.0 Å². The van der Waals surface area contributed by atoms with Gasteiger partial charge in [-0.25, -0.2) is 0 Å². The van der Waals surface area contributed by atoms with Crippen LogP contribution in [0.15, 0.2) is 28.8 Å². The number of likely N-dealkylation sites (tertiary alicyclic amines) is 1. The van der Waals surface area contributed by atoms with Gasteiger partial charge in [0.1, 0.15) is 5.69 Å². The van der Waals surface area contributed by atoms with Crippen molar-refractivity contribution in [1.29, 1.82) is 0 Å². The minimum atomic E-state index is 0. The van der Waals surface area contributed by atoms with Crippen LogP contribution in [0.2, 0.25) is 0 Å². The molecule has 1 aliphatic rings. The van der Waals surface area contributed by atoms with E-state index in [0.29, 0.717) is 12.2 Å². The first-order valence-electron chi connectivity index (χ1n) is 6.60. The number of fused-ring (bicyclic) bond motifs is 1. The summed E-state index contributed by atoms with van der Waals surface area (Å²) in [6.07, 6.45) is 2.26. The fourth-order valence-corrected chi connectivity index (χ4v) is 2.56. The Morgan fingerprint density at radius 1 is 1.45 bits per heavy atom. The van der Waals surface area contributed by atoms with Gasteiger partial charge in [0.2, 0.25) is 5.91 Å². The molecule has 1 aromatic carbocycles. The van der Waals surface area contributed by atoms with E-state index in [0.717, 1.165) is 30.4 Å². The molecular weight excluding hydrogens is 278 g/mol. The maximum Gasteiger partial charge on any atom is 0.228 e. The van der Waals surface area contributed by atoms with E-state index < -0.39 is 0 Å². The van der Waals surface area contributed by atoms with Crippen molar-refractivity contribution in [2.24, 2.45) is 5.73 Å². The molecule has 0 saturated carbocycles. The maximum absolute atomic E-state index is 12.2. The normalized spacial score (nSPS) is 18.9. The number of benzene rings is 1. The van der Waals surface area contributed by atoms with Crippen LogP contribution in [0.5, 0.6) is 0 Å². The van der Waals surface area contributed by atoms with E-state index in [-0.39, 0.29) is 30.8 Å². The molecule has 1 atom stereocenters. The highest BCUT2D eigenvalue weighted by Gasteiger charge is 2.22. The highest BCUT2D eigenvalue weighted by molar-refractivity contribution is 5.86. The van der Waals surface area contributed by atoms with Gasteiger partial charge in [-0.1, -0.05) is 17.3 Å². The molecule has 1 saturated heterocycles. The van der Waals surface area contributed by atoms with Crippen LogP contribution in [0, 0.1) is 0 Å². The summed E-state index contributed by atoms with van der Waals surface area (Å²) in [6.45, 7) is 1.44. The third kappa shape index (κ3) is 2.94. The number of nitrogens with zero attached hydrogens (tertiary/aromatic N) is 2. The second-order valence-electron chi connectivity index (χ2n) is 5.04. The highest BCUT2D eigenvalue weighted by Crippen LogP contribution is 2.19. The number of rotatable bonds is 2. The molecule has 5 nitrogen and oxygen atoms in total. The standard InChI is InChI=1S/C14H17N3O2.ClH/c15-10-4-3-7-17(9-10)14(18)8-12-11-5-1-2-6-13(11)19-16-12;/h1-2,5-6,10H,3-4,7-9,15H2;1H/t10-;/m1./s1. The van der Waals surface area contributed by atoms with Crippen LogP contribution in [-0.2, 0) is 11.2 Å². The predicted molar refractivity (Wildman–Crippen MR) is 78.8 cm³/mol. The van der Waals surface area contributed by atoms with Gasteiger partial charge in [0, 0.05) is 24.5 Å². The molecule has 0 aliphatic carbocycles. The zero-order valence-corrected chi connectivity index (χ0v) is 11.9. The summed E-state index contributed by atoms with van der Waals surface area (Å²) in [5.41, 5.74) is 7.33. The Bertz CT molecular complexity index is 599. The molecule has 6 heteroatoms. The second-order valence-corrected chi connectivity index (χ2v) is 5.04. The van der Waals surface area contributed by atoms with Crippen molar-refractivity contribution in [1.82, 2.24) is 10.1 Å². The van der Waals surface area contributed by atoms with Gasteiger partial charge < -0.3 is 15.2 Å². The van der Waals surface area contributed by atoms with Crippen molar-refractivity contribution < 1.29 is 9.32 Å². The van der Waals surface area contributed by atoms with Crippen LogP contribution in [0.1, 0.15) is 18.5 Å². The molecule has 0 radical (unpaired) electrons. The lowest BCUT2D eigenvalue weighted by Crippen LogP contribution is -2.46. The molecule has 2 aromatic rings. The van der Waals surface area contributed by atoms with Crippen LogP contribution in [-0.4, -0.2) is 35.1 Å². The Balaban J connectivity index is 0.00000147. The summed E-state index contributed by atoms with van der Waals surface area (Å²) in [5, 5.41) is 4.91. The number of nitrogens with two attached hydrogens (primary N) is 1. The molecular formula is C14H18ClN3O2. The zero-order valence-electron chi connectivity index (χ0n) is 11.1. The van der Waals surface area contributed by atoms with Crippen LogP contribution in [0.25, 0.3) is 11.0 Å². The van der Waals surface area contributed by atoms with E-state index in [1.165, 1.54) is 0 Å². The van der Waals surface area contributed by atoms with Crippen LogP contribution < -0.4 is 5.73 Å². The monoisotopic (exact) mass is 295 g/mol. The van der Waals surface area contributed by atoms with Gasteiger partial charge in [0.05, 0.1) is 6.42 Å². The Morgan fingerprint density at radius 2 is 2.25 bits per heavy atom. The number of halogens is 1. The largest absolute Gasteiger partial charge is 0.356 e. The molecule has 20 heavy (non-hydrogen) atoms. The summed E-state index contributed by atoms with van der Waals surface area (Å²) in [6, 6.07) is 7.70. The lowest BCUT2D eigenvalue weighted by Gasteiger charge is -2.30. The second kappa shape index (κ2) is 6.24. The van der Waals surface area contributed by atoms with E-state index in [4.69, 9.17) is 10.3 Å². The molecule has 1 fully saturated rings. The molecule has 1 amide bonds. The predicted octanol–water partition coefficient (Wildman–Crippen LogP) is 1.74. The molecule has 2 N–H and O–H groups in total. The number of carbonyl (C=O) groups excluding carboxylic acids is 1. The smallest absolute Gasteiger partial charge is 0.228 e. The fourth-order valence-electron chi connectivity index (χ4n) is 2.56. The van der Waals surface area contributed by atoms with Crippen LogP contribution in [0.3, 0.4) is 0 Å². The average Bonchev–Trinajstić information content (AvgIpc) is 2.82. The van der Waals surface area contributed by atoms with E-state index in [9.17, 15) is 4.79 Å². The van der Waals surface area contributed by atoms with E-state index in [1.807, 2.05) is 29.2 Å². The number of amides is 1. The molecule has 0 spiro atoms. The van der Waals surface area contributed by atoms with Crippen molar-refractivity contribution in [3.05, 3.63) is 30.0 Å². The summed E-state index contributed by atoms with van der Waals surface area (Å²) >= 11 is 0. The number of para-hydroxylation sites is 1. The third-order valence-electron chi connectivity index (χ3n) is 3.58. The maximum atomic E-state index is 12.2. The average molecular weight is 296 g/mol. The quantitative estimate of drug-likeness (QED) is 0.916. The van der Waals surface area contributed by atoms with Gasteiger partial charge in [-0.15, -0.1) is 12.4 Å². The number of hydrogen-bond acceptors (Lipinski definition) is 4. The van der Waals surface area contributed by atoms with Gasteiger partial charge >= 0.3 is 0 Å². The van der Waals surface area contributed by atoms with Crippen molar-refractivity contribution in [3.8, 4) is 0 Å². The Kier molecular flexibility index (Phi) is 4.62. The van der Waals surface area contributed by atoms with Crippen molar-refractivity contribution in [2.75, 3.05) is 13.1 Å². The molecule has 1 aliphatic heterocycles. The number of hydrogen-bond donors (Lipinski definition) is 1. The third-order valence-corrected chi connectivity index (χ3v) is 3.58. The van der Waals surface area contributed by atoms with Crippen molar-refractivity contribution >= 4 is 29.3 Å². The topological polar surface area (TPSA) is 72.4 Å².